The summed E-state index contributed by atoms with van der Waals surface area (Å²) in [5, 5.41) is 7.46. The molecule has 1 aliphatic rings. The zero-order chi connectivity index (χ0) is 18.1. The summed E-state index contributed by atoms with van der Waals surface area (Å²) in [7, 11) is 0. The lowest BCUT2D eigenvalue weighted by Crippen LogP contribution is -2.30. The van der Waals surface area contributed by atoms with Crippen LogP contribution in [0.2, 0.25) is 0 Å². The average Bonchev–Trinajstić information content (AvgIpc) is 3.00. The van der Waals surface area contributed by atoms with Crippen LogP contribution in [0.1, 0.15) is 57.7 Å². The van der Waals surface area contributed by atoms with E-state index in [0.29, 0.717) is 17.4 Å². The minimum atomic E-state index is -0.355. The maximum absolute atomic E-state index is 12.7. The smallest absolute Gasteiger partial charge is 0.338 e. The molecule has 6 heteroatoms. The van der Waals surface area contributed by atoms with Crippen molar-refractivity contribution in [1.82, 2.24) is 14.8 Å². The maximum Gasteiger partial charge on any atom is 0.338 e. The summed E-state index contributed by atoms with van der Waals surface area (Å²) >= 11 is 0. The van der Waals surface area contributed by atoms with Crippen molar-refractivity contribution in [3.63, 3.8) is 0 Å². The molecular weight excluding hydrogens is 316 g/mol. The Kier molecular flexibility index (Phi) is 4.61. The Bertz CT molecular complexity index is 803. The molecule has 1 aromatic carbocycles. The highest BCUT2D eigenvalue weighted by molar-refractivity contribution is 5.92. The van der Waals surface area contributed by atoms with Gasteiger partial charge in [0.1, 0.15) is 12.4 Å². The SMILES string of the molecule is CC1=C(C(=O)OC(C)C)[C@H](c2ccc(C(C)C)cc2)n2ncnc2N1. The van der Waals surface area contributed by atoms with E-state index in [1.54, 1.807) is 4.68 Å². The Balaban J connectivity index is 2.07. The number of rotatable bonds is 4. The van der Waals surface area contributed by atoms with Gasteiger partial charge in [0.2, 0.25) is 5.95 Å². The van der Waals surface area contributed by atoms with Crippen molar-refractivity contribution in [2.75, 3.05) is 5.32 Å². The van der Waals surface area contributed by atoms with E-state index in [2.05, 4.69) is 41.4 Å². The number of aromatic nitrogens is 3. The first-order valence-corrected chi connectivity index (χ1v) is 8.56. The number of hydrogen-bond donors (Lipinski definition) is 1. The van der Waals surface area contributed by atoms with Crippen LogP contribution in [-0.2, 0) is 9.53 Å². The third-order valence-corrected chi connectivity index (χ3v) is 4.28. The molecule has 0 fully saturated rings. The molecule has 0 amide bonds. The van der Waals surface area contributed by atoms with Crippen LogP contribution in [0, 0.1) is 0 Å². The average molecular weight is 340 g/mol. The van der Waals surface area contributed by atoms with E-state index < -0.39 is 0 Å². The second-order valence-corrected chi connectivity index (χ2v) is 6.87. The molecule has 3 rings (SSSR count). The number of carbonyl (C=O) groups is 1. The topological polar surface area (TPSA) is 69.0 Å². The quantitative estimate of drug-likeness (QED) is 0.861. The number of benzene rings is 1. The van der Waals surface area contributed by atoms with Gasteiger partial charge in [0, 0.05) is 5.70 Å². The number of allylic oxidation sites excluding steroid dienone is 1. The van der Waals surface area contributed by atoms with Gasteiger partial charge in [-0.1, -0.05) is 38.1 Å². The van der Waals surface area contributed by atoms with Crippen molar-refractivity contribution in [2.24, 2.45) is 0 Å². The Morgan fingerprint density at radius 3 is 2.48 bits per heavy atom. The molecule has 0 saturated heterocycles. The fraction of sp³-hybridized carbons (Fsp3) is 0.421. The van der Waals surface area contributed by atoms with Crippen molar-refractivity contribution in [2.45, 2.75) is 52.7 Å². The number of esters is 1. The van der Waals surface area contributed by atoms with Crippen LogP contribution in [0.25, 0.3) is 0 Å². The molecule has 0 saturated carbocycles. The molecule has 6 nitrogen and oxygen atoms in total. The van der Waals surface area contributed by atoms with Gasteiger partial charge in [0.05, 0.1) is 11.7 Å². The van der Waals surface area contributed by atoms with Gasteiger partial charge in [-0.25, -0.2) is 9.48 Å². The third-order valence-electron chi connectivity index (χ3n) is 4.28. The van der Waals surface area contributed by atoms with Gasteiger partial charge < -0.3 is 10.1 Å². The molecule has 1 N–H and O–H groups in total. The molecule has 132 valence electrons. The molecule has 0 bridgehead atoms. The van der Waals surface area contributed by atoms with Crippen molar-refractivity contribution in [3.8, 4) is 0 Å². The second kappa shape index (κ2) is 6.70. The lowest BCUT2D eigenvalue weighted by atomic mass is 9.93. The normalized spacial score (nSPS) is 16.8. The van der Waals surface area contributed by atoms with Crippen LogP contribution in [0.5, 0.6) is 0 Å². The minimum Gasteiger partial charge on any atom is -0.459 e. The van der Waals surface area contributed by atoms with E-state index in [1.807, 2.05) is 32.9 Å². The van der Waals surface area contributed by atoms with Gasteiger partial charge >= 0.3 is 5.97 Å². The van der Waals surface area contributed by atoms with Crippen molar-refractivity contribution in [3.05, 3.63) is 53.0 Å². The Hall–Kier alpha value is -2.63. The van der Waals surface area contributed by atoms with Crippen LogP contribution in [0.3, 0.4) is 0 Å². The summed E-state index contributed by atoms with van der Waals surface area (Å²) in [5.74, 6) is 0.738. The number of nitrogens with one attached hydrogen (secondary N) is 1. The molecule has 0 unspecified atom stereocenters. The highest BCUT2D eigenvalue weighted by atomic mass is 16.5. The summed E-state index contributed by atoms with van der Waals surface area (Å²) in [6, 6.07) is 7.93. The van der Waals surface area contributed by atoms with Gasteiger partial charge in [-0.3, -0.25) is 0 Å². The first-order valence-electron chi connectivity index (χ1n) is 8.56. The van der Waals surface area contributed by atoms with Crippen LogP contribution < -0.4 is 5.32 Å². The molecular formula is C19H24N4O2. The molecule has 0 radical (unpaired) electrons. The minimum absolute atomic E-state index is 0.186. The number of nitrogens with zero attached hydrogens (tertiary/aromatic N) is 3. The van der Waals surface area contributed by atoms with Gasteiger partial charge in [-0.2, -0.15) is 10.1 Å². The molecule has 0 aliphatic carbocycles. The lowest BCUT2D eigenvalue weighted by Gasteiger charge is -2.28. The Labute approximate surface area is 147 Å². The Morgan fingerprint density at radius 2 is 1.88 bits per heavy atom. The van der Waals surface area contributed by atoms with Gasteiger partial charge in [-0.05, 0) is 37.8 Å². The fourth-order valence-corrected chi connectivity index (χ4v) is 3.00. The largest absolute Gasteiger partial charge is 0.459 e. The lowest BCUT2D eigenvalue weighted by molar-refractivity contribution is -0.143. The van der Waals surface area contributed by atoms with E-state index in [-0.39, 0.29) is 18.1 Å². The number of hydrogen-bond acceptors (Lipinski definition) is 5. The van der Waals surface area contributed by atoms with E-state index in [4.69, 9.17) is 4.74 Å². The molecule has 2 heterocycles. The predicted molar refractivity (Wildman–Crippen MR) is 96.2 cm³/mol. The van der Waals surface area contributed by atoms with Crippen LogP contribution in [0.15, 0.2) is 41.9 Å². The van der Waals surface area contributed by atoms with E-state index in [9.17, 15) is 4.79 Å². The van der Waals surface area contributed by atoms with E-state index >= 15 is 0 Å². The van der Waals surface area contributed by atoms with E-state index in [0.717, 1.165) is 11.3 Å². The van der Waals surface area contributed by atoms with Crippen molar-refractivity contribution >= 4 is 11.9 Å². The number of fused-ring (bicyclic) bond motifs is 1. The summed E-state index contributed by atoms with van der Waals surface area (Å²) in [4.78, 5) is 17.0. The van der Waals surface area contributed by atoms with Crippen LogP contribution in [0.4, 0.5) is 5.95 Å². The Morgan fingerprint density at radius 1 is 1.20 bits per heavy atom. The zero-order valence-electron chi connectivity index (χ0n) is 15.3. The molecule has 25 heavy (non-hydrogen) atoms. The summed E-state index contributed by atoms with van der Waals surface area (Å²) in [6.07, 6.45) is 1.30. The molecule has 0 spiro atoms. The maximum atomic E-state index is 12.7. The standard InChI is InChI=1S/C19H24N4O2/c1-11(2)14-6-8-15(9-7-14)17-16(18(24)25-12(3)4)13(5)22-19-20-10-21-23(17)19/h6-12,17H,1-5H3,(H,20,21,22)/t17-/m0/s1. The number of anilines is 1. The van der Waals surface area contributed by atoms with Crippen LogP contribution >= 0.6 is 0 Å². The zero-order valence-corrected chi connectivity index (χ0v) is 15.3. The van der Waals surface area contributed by atoms with Gasteiger partial charge in [0.15, 0.2) is 0 Å². The van der Waals surface area contributed by atoms with Crippen molar-refractivity contribution < 1.29 is 9.53 Å². The molecule has 1 aliphatic heterocycles. The first kappa shape index (κ1) is 17.2. The highest BCUT2D eigenvalue weighted by Crippen LogP contribution is 2.35. The second-order valence-electron chi connectivity index (χ2n) is 6.87. The summed E-state index contributed by atoms with van der Waals surface area (Å²) in [6.45, 7) is 9.87. The van der Waals surface area contributed by atoms with Gasteiger partial charge in [-0.15, -0.1) is 0 Å². The molecule has 1 aromatic heterocycles. The molecule has 1 atom stereocenters. The van der Waals surface area contributed by atoms with Crippen LogP contribution in [-0.4, -0.2) is 26.8 Å². The number of carbonyl (C=O) groups excluding carboxylic acids is 1. The van der Waals surface area contributed by atoms with Gasteiger partial charge in [0.25, 0.3) is 0 Å². The summed E-state index contributed by atoms with van der Waals surface area (Å²) < 4.78 is 7.20. The number of ether oxygens (including phenoxy) is 1. The monoisotopic (exact) mass is 340 g/mol. The predicted octanol–water partition coefficient (Wildman–Crippen LogP) is 3.64. The highest BCUT2D eigenvalue weighted by Gasteiger charge is 2.34. The van der Waals surface area contributed by atoms with E-state index in [1.165, 1.54) is 11.9 Å². The first-order chi connectivity index (χ1) is 11.9. The molecule has 2 aromatic rings. The third kappa shape index (κ3) is 3.29. The van der Waals surface area contributed by atoms with Crippen molar-refractivity contribution in [1.29, 1.82) is 0 Å². The fourth-order valence-electron chi connectivity index (χ4n) is 3.00. The summed E-state index contributed by atoms with van der Waals surface area (Å²) in [5.41, 5.74) is 3.53.